The van der Waals surface area contributed by atoms with Crippen molar-refractivity contribution in [2.45, 2.75) is 39.3 Å². The van der Waals surface area contributed by atoms with Gasteiger partial charge in [0.1, 0.15) is 5.01 Å². The van der Waals surface area contributed by atoms with Gasteiger partial charge in [-0.1, -0.05) is 0 Å². The van der Waals surface area contributed by atoms with Crippen molar-refractivity contribution in [2.75, 3.05) is 6.54 Å². The highest BCUT2D eigenvalue weighted by molar-refractivity contribution is 7.11. The van der Waals surface area contributed by atoms with E-state index in [1.54, 1.807) is 11.3 Å². The Kier molecular flexibility index (Phi) is 3.25. The van der Waals surface area contributed by atoms with Crippen LogP contribution < -0.4 is 0 Å². The molecule has 0 radical (unpaired) electrons. The zero-order valence-electron chi connectivity index (χ0n) is 9.56. The van der Waals surface area contributed by atoms with Gasteiger partial charge in [-0.15, -0.1) is 11.3 Å². The molecule has 16 heavy (non-hydrogen) atoms. The Hall–Kier alpha value is -0.940. The number of hydrogen-bond acceptors (Lipinski definition) is 4. The Morgan fingerprint density at radius 3 is 2.69 bits per heavy atom. The third-order valence-corrected chi connectivity index (χ3v) is 3.87. The van der Waals surface area contributed by atoms with Crippen molar-refractivity contribution in [2.24, 2.45) is 0 Å². The molecule has 1 aliphatic rings. The van der Waals surface area contributed by atoms with Crippen LogP contribution in [0.2, 0.25) is 0 Å². The quantitative estimate of drug-likeness (QED) is 0.852. The first-order valence-corrected chi connectivity index (χ1v) is 6.26. The van der Waals surface area contributed by atoms with Crippen LogP contribution >= 0.6 is 11.3 Å². The van der Waals surface area contributed by atoms with Gasteiger partial charge in [0.15, 0.2) is 0 Å². The van der Waals surface area contributed by atoms with Crippen LogP contribution in [0.15, 0.2) is 0 Å². The number of nitrogens with zero attached hydrogens (tertiary/aromatic N) is 2. The van der Waals surface area contributed by atoms with Gasteiger partial charge in [0.25, 0.3) is 0 Å². The van der Waals surface area contributed by atoms with Gasteiger partial charge < -0.3 is 5.11 Å². The Morgan fingerprint density at radius 2 is 2.25 bits per heavy atom. The lowest BCUT2D eigenvalue weighted by Crippen LogP contribution is -2.31. The van der Waals surface area contributed by atoms with Crippen LogP contribution in [0.3, 0.4) is 0 Å². The molecule has 1 aliphatic carbocycles. The molecule has 1 aromatic rings. The number of aliphatic carboxylic acids is 1. The summed E-state index contributed by atoms with van der Waals surface area (Å²) in [6.45, 7) is 4.85. The fourth-order valence-corrected chi connectivity index (χ4v) is 2.67. The molecule has 0 aromatic carbocycles. The first-order valence-electron chi connectivity index (χ1n) is 5.45. The average molecular weight is 240 g/mol. The zero-order chi connectivity index (χ0) is 11.7. The molecule has 1 saturated carbocycles. The Balaban J connectivity index is 2.02. The predicted molar refractivity (Wildman–Crippen MR) is 62.7 cm³/mol. The molecule has 2 rings (SSSR count). The molecule has 0 bridgehead atoms. The van der Waals surface area contributed by atoms with Crippen molar-refractivity contribution in [3.05, 3.63) is 15.6 Å². The molecule has 0 unspecified atom stereocenters. The summed E-state index contributed by atoms with van der Waals surface area (Å²) in [4.78, 5) is 18.4. The second-order valence-corrected chi connectivity index (χ2v) is 5.57. The summed E-state index contributed by atoms with van der Waals surface area (Å²) in [5.41, 5.74) is 1.06. The third kappa shape index (κ3) is 2.80. The maximum absolute atomic E-state index is 10.7. The lowest BCUT2D eigenvalue weighted by molar-refractivity contribution is -0.138. The van der Waals surface area contributed by atoms with Crippen LogP contribution in [-0.2, 0) is 11.3 Å². The van der Waals surface area contributed by atoms with Gasteiger partial charge in [0.2, 0.25) is 0 Å². The Morgan fingerprint density at radius 1 is 1.56 bits per heavy atom. The van der Waals surface area contributed by atoms with E-state index in [4.69, 9.17) is 5.11 Å². The van der Waals surface area contributed by atoms with Crippen LogP contribution in [0.1, 0.15) is 28.4 Å². The number of aryl methyl sites for hydroxylation is 2. The van der Waals surface area contributed by atoms with Crippen LogP contribution in [0.25, 0.3) is 0 Å². The van der Waals surface area contributed by atoms with E-state index < -0.39 is 5.97 Å². The van der Waals surface area contributed by atoms with Gasteiger partial charge in [0.05, 0.1) is 18.8 Å². The number of carboxylic acid groups (broad SMARTS) is 1. The maximum Gasteiger partial charge on any atom is 0.317 e. The lowest BCUT2D eigenvalue weighted by Gasteiger charge is -2.17. The van der Waals surface area contributed by atoms with Crippen molar-refractivity contribution in [1.29, 1.82) is 0 Å². The molecular formula is C11H16N2O2S. The van der Waals surface area contributed by atoms with Crippen LogP contribution in [0.4, 0.5) is 0 Å². The summed E-state index contributed by atoms with van der Waals surface area (Å²) in [6.07, 6.45) is 2.24. The van der Waals surface area contributed by atoms with E-state index in [0.29, 0.717) is 12.6 Å². The van der Waals surface area contributed by atoms with Crippen molar-refractivity contribution < 1.29 is 9.90 Å². The molecule has 1 fully saturated rings. The number of aromatic nitrogens is 1. The summed E-state index contributed by atoms with van der Waals surface area (Å²) in [5, 5.41) is 9.87. The van der Waals surface area contributed by atoms with E-state index in [1.807, 2.05) is 11.8 Å². The minimum atomic E-state index is -0.753. The van der Waals surface area contributed by atoms with Gasteiger partial charge >= 0.3 is 5.97 Å². The van der Waals surface area contributed by atoms with Crippen molar-refractivity contribution in [3.63, 3.8) is 0 Å². The molecule has 1 aromatic heterocycles. The van der Waals surface area contributed by atoms with Gasteiger partial charge in [-0.3, -0.25) is 9.69 Å². The summed E-state index contributed by atoms with van der Waals surface area (Å²) in [5.74, 6) is -0.753. The molecule has 5 heteroatoms. The molecule has 0 saturated heterocycles. The second kappa shape index (κ2) is 4.51. The van der Waals surface area contributed by atoms with E-state index in [1.165, 1.54) is 4.88 Å². The van der Waals surface area contributed by atoms with E-state index in [-0.39, 0.29) is 6.54 Å². The average Bonchev–Trinajstić information content (AvgIpc) is 2.94. The van der Waals surface area contributed by atoms with E-state index in [2.05, 4.69) is 11.9 Å². The van der Waals surface area contributed by atoms with E-state index in [0.717, 1.165) is 23.5 Å². The summed E-state index contributed by atoms with van der Waals surface area (Å²) >= 11 is 1.67. The highest BCUT2D eigenvalue weighted by atomic mass is 32.1. The standard InChI is InChI=1S/C11H16N2O2S/c1-7-8(2)16-10(12-7)5-13(6-11(14)15)9-3-4-9/h9H,3-6H2,1-2H3,(H,14,15). The van der Waals surface area contributed by atoms with Crippen molar-refractivity contribution in [1.82, 2.24) is 9.88 Å². The van der Waals surface area contributed by atoms with Crippen LogP contribution in [0.5, 0.6) is 0 Å². The topological polar surface area (TPSA) is 53.4 Å². The van der Waals surface area contributed by atoms with Gasteiger partial charge in [-0.25, -0.2) is 4.98 Å². The van der Waals surface area contributed by atoms with Crippen molar-refractivity contribution >= 4 is 17.3 Å². The molecule has 1 N–H and O–H groups in total. The largest absolute Gasteiger partial charge is 0.480 e. The highest BCUT2D eigenvalue weighted by Crippen LogP contribution is 2.29. The number of hydrogen-bond donors (Lipinski definition) is 1. The number of carboxylic acids is 1. The third-order valence-electron chi connectivity index (χ3n) is 2.81. The molecule has 0 atom stereocenters. The predicted octanol–water partition coefficient (Wildman–Crippen LogP) is 1.81. The number of carbonyl (C=O) groups is 1. The monoisotopic (exact) mass is 240 g/mol. The molecule has 4 nitrogen and oxygen atoms in total. The molecule has 1 heterocycles. The zero-order valence-corrected chi connectivity index (χ0v) is 10.4. The maximum atomic E-state index is 10.7. The van der Waals surface area contributed by atoms with Gasteiger partial charge in [-0.05, 0) is 26.7 Å². The molecule has 88 valence electrons. The van der Waals surface area contributed by atoms with Gasteiger partial charge in [0, 0.05) is 10.9 Å². The number of rotatable bonds is 5. The van der Waals surface area contributed by atoms with E-state index in [9.17, 15) is 4.79 Å². The molecule has 0 amide bonds. The molecule has 0 aliphatic heterocycles. The summed E-state index contributed by atoms with van der Waals surface area (Å²) in [7, 11) is 0. The van der Waals surface area contributed by atoms with Crippen LogP contribution in [0, 0.1) is 13.8 Å². The second-order valence-electron chi connectivity index (χ2n) is 4.28. The smallest absolute Gasteiger partial charge is 0.317 e. The SMILES string of the molecule is Cc1nc(CN(CC(=O)O)C2CC2)sc1C. The molecular weight excluding hydrogens is 224 g/mol. The van der Waals surface area contributed by atoms with E-state index >= 15 is 0 Å². The molecule has 0 spiro atoms. The minimum Gasteiger partial charge on any atom is -0.480 e. The van der Waals surface area contributed by atoms with Crippen LogP contribution in [-0.4, -0.2) is 33.5 Å². The Labute approximate surface area is 98.9 Å². The summed E-state index contributed by atoms with van der Waals surface area (Å²) < 4.78 is 0. The fraction of sp³-hybridized carbons (Fsp3) is 0.636. The normalized spacial score (nSPS) is 15.7. The highest BCUT2D eigenvalue weighted by Gasteiger charge is 2.30. The number of thiazole rings is 1. The summed E-state index contributed by atoms with van der Waals surface area (Å²) in [6, 6.07) is 0.459. The minimum absolute atomic E-state index is 0.127. The lowest BCUT2D eigenvalue weighted by atomic mass is 10.4. The fourth-order valence-electron chi connectivity index (χ4n) is 1.71. The van der Waals surface area contributed by atoms with Gasteiger partial charge in [-0.2, -0.15) is 0 Å². The first-order chi connectivity index (χ1) is 7.56. The Bertz CT molecular complexity index is 379. The first kappa shape index (κ1) is 11.5. The van der Waals surface area contributed by atoms with Crippen molar-refractivity contribution in [3.8, 4) is 0 Å².